The Balaban J connectivity index is 0.00000261. The minimum atomic E-state index is -0.433. The second kappa shape index (κ2) is 8.71. The van der Waals surface area contributed by atoms with Crippen LogP contribution in [-0.2, 0) is 25.4 Å². The lowest BCUT2D eigenvalue weighted by Gasteiger charge is -2.32. The predicted molar refractivity (Wildman–Crippen MR) is 105 cm³/mol. The second-order valence-electron chi connectivity index (χ2n) is 6.88. The van der Waals surface area contributed by atoms with Crippen LogP contribution in [0.2, 0.25) is 0 Å². The van der Waals surface area contributed by atoms with Crippen LogP contribution in [0.3, 0.4) is 0 Å². The van der Waals surface area contributed by atoms with Gasteiger partial charge in [0.1, 0.15) is 6.54 Å². The first kappa shape index (κ1) is 21.2. The van der Waals surface area contributed by atoms with E-state index in [9.17, 15) is 14.4 Å². The first-order chi connectivity index (χ1) is 12.4. The number of amides is 1. The number of imidazole rings is 1. The number of piperidine rings is 1. The van der Waals surface area contributed by atoms with Crippen molar-refractivity contribution in [2.24, 2.45) is 20.0 Å². The second-order valence-corrected chi connectivity index (χ2v) is 6.88. The van der Waals surface area contributed by atoms with Crippen LogP contribution >= 0.6 is 12.4 Å². The highest BCUT2D eigenvalue weighted by atomic mass is 35.5. The molecule has 3 heterocycles. The van der Waals surface area contributed by atoms with Gasteiger partial charge in [-0.2, -0.15) is 0 Å². The molecule has 0 atom stereocenters. The Morgan fingerprint density at radius 3 is 2.52 bits per heavy atom. The third-order valence-corrected chi connectivity index (χ3v) is 5.17. The van der Waals surface area contributed by atoms with Gasteiger partial charge in [-0.25, -0.2) is 9.78 Å². The van der Waals surface area contributed by atoms with Crippen molar-refractivity contribution in [3.8, 4) is 0 Å². The number of halogens is 1. The van der Waals surface area contributed by atoms with Gasteiger partial charge in [-0.15, -0.1) is 12.4 Å². The maximum atomic E-state index is 12.7. The van der Waals surface area contributed by atoms with Gasteiger partial charge in [-0.1, -0.05) is 6.92 Å². The molecule has 1 aliphatic rings. The lowest BCUT2D eigenvalue weighted by Crippen LogP contribution is -2.42. The standard InChI is InChI=1S/C17H26N6O3.ClH/c1-4-18-9-12-5-7-22(8-6-12)13(24)10-23-11-19-15-14(23)16(25)21(3)17(26)20(15)2;/h11-12,18H,4-10H2,1-3H3;1H. The Kier molecular flexibility index (Phi) is 6.83. The number of likely N-dealkylation sites (tertiary alicyclic amines) is 1. The molecule has 0 saturated carbocycles. The highest BCUT2D eigenvalue weighted by Gasteiger charge is 2.24. The van der Waals surface area contributed by atoms with Gasteiger partial charge in [-0.05, 0) is 31.8 Å². The zero-order valence-electron chi connectivity index (χ0n) is 16.0. The van der Waals surface area contributed by atoms with Crippen molar-refractivity contribution in [1.29, 1.82) is 0 Å². The van der Waals surface area contributed by atoms with Gasteiger partial charge in [0.05, 0.1) is 6.33 Å². The average Bonchev–Trinajstić information content (AvgIpc) is 3.07. The first-order valence-corrected chi connectivity index (χ1v) is 9.03. The summed E-state index contributed by atoms with van der Waals surface area (Å²) >= 11 is 0. The summed E-state index contributed by atoms with van der Waals surface area (Å²) in [5, 5.41) is 3.36. The molecule has 3 rings (SSSR count). The number of aromatic nitrogens is 4. The summed E-state index contributed by atoms with van der Waals surface area (Å²) in [5.41, 5.74) is -0.278. The van der Waals surface area contributed by atoms with Crippen LogP contribution in [0.4, 0.5) is 0 Å². The molecule has 2 aromatic rings. The van der Waals surface area contributed by atoms with E-state index < -0.39 is 11.2 Å². The molecule has 0 aliphatic carbocycles. The Labute approximate surface area is 163 Å². The zero-order valence-corrected chi connectivity index (χ0v) is 16.8. The smallest absolute Gasteiger partial charge is 0.332 e. The summed E-state index contributed by atoms with van der Waals surface area (Å²) in [7, 11) is 3.00. The summed E-state index contributed by atoms with van der Waals surface area (Å²) in [6, 6.07) is 0. The molecule has 0 bridgehead atoms. The van der Waals surface area contributed by atoms with Crippen LogP contribution in [0.25, 0.3) is 11.2 Å². The van der Waals surface area contributed by atoms with Crippen LogP contribution < -0.4 is 16.6 Å². The number of fused-ring (bicyclic) bond motifs is 1. The highest BCUT2D eigenvalue weighted by molar-refractivity contribution is 5.85. The van der Waals surface area contributed by atoms with E-state index in [2.05, 4.69) is 17.2 Å². The molecular weight excluding hydrogens is 372 g/mol. The molecule has 9 nitrogen and oxygen atoms in total. The summed E-state index contributed by atoms with van der Waals surface area (Å²) < 4.78 is 3.91. The van der Waals surface area contributed by atoms with Crippen molar-refractivity contribution >= 4 is 29.5 Å². The summed E-state index contributed by atoms with van der Waals surface area (Å²) in [5.74, 6) is 0.581. The quantitative estimate of drug-likeness (QED) is 0.746. The Morgan fingerprint density at radius 1 is 1.22 bits per heavy atom. The maximum absolute atomic E-state index is 12.7. The van der Waals surface area contributed by atoms with E-state index in [1.165, 1.54) is 17.9 Å². The van der Waals surface area contributed by atoms with Gasteiger partial charge in [0, 0.05) is 27.2 Å². The van der Waals surface area contributed by atoms with E-state index in [1.807, 2.05) is 4.90 Å². The molecule has 150 valence electrons. The summed E-state index contributed by atoms with van der Waals surface area (Å²) in [6.45, 7) is 5.57. The zero-order chi connectivity index (χ0) is 18.8. The molecule has 1 N–H and O–H groups in total. The molecule has 1 amide bonds. The van der Waals surface area contributed by atoms with Crippen molar-refractivity contribution in [3.63, 3.8) is 0 Å². The lowest BCUT2D eigenvalue weighted by molar-refractivity contribution is -0.133. The van der Waals surface area contributed by atoms with Crippen molar-refractivity contribution in [2.45, 2.75) is 26.3 Å². The molecule has 1 aliphatic heterocycles. The first-order valence-electron chi connectivity index (χ1n) is 9.03. The van der Waals surface area contributed by atoms with E-state index in [0.29, 0.717) is 11.6 Å². The van der Waals surface area contributed by atoms with Crippen LogP contribution in [0.5, 0.6) is 0 Å². The van der Waals surface area contributed by atoms with Crippen molar-refractivity contribution < 1.29 is 4.79 Å². The fraction of sp³-hybridized carbons (Fsp3) is 0.647. The van der Waals surface area contributed by atoms with Crippen molar-refractivity contribution in [1.82, 2.24) is 28.9 Å². The van der Waals surface area contributed by atoms with Crippen molar-refractivity contribution in [2.75, 3.05) is 26.2 Å². The SMILES string of the molecule is CCNCC1CCN(C(=O)Cn2cnc3c2c(=O)n(C)c(=O)n3C)CC1.Cl. The third kappa shape index (κ3) is 4.08. The molecule has 1 fully saturated rings. The molecule has 0 aromatic carbocycles. The molecule has 0 radical (unpaired) electrons. The topological polar surface area (TPSA) is 94.2 Å². The Bertz CT molecular complexity index is 923. The van der Waals surface area contributed by atoms with Crippen LogP contribution in [0.1, 0.15) is 19.8 Å². The third-order valence-electron chi connectivity index (χ3n) is 5.17. The molecule has 0 spiro atoms. The van der Waals surface area contributed by atoms with E-state index in [0.717, 1.165) is 43.6 Å². The number of hydrogen-bond acceptors (Lipinski definition) is 5. The van der Waals surface area contributed by atoms with Crippen molar-refractivity contribution in [3.05, 3.63) is 27.2 Å². The predicted octanol–water partition coefficient (Wildman–Crippen LogP) is -0.296. The average molecular weight is 399 g/mol. The van der Waals surface area contributed by atoms with Gasteiger partial charge in [0.2, 0.25) is 5.91 Å². The molecule has 10 heteroatoms. The van der Waals surface area contributed by atoms with Crippen LogP contribution in [0.15, 0.2) is 15.9 Å². The number of carbonyl (C=O) groups excluding carboxylic acids is 1. The van der Waals surface area contributed by atoms with Gasteiger partial charge in [-0.3, -0.25) is 18.7 Å². The van der Waals surface area contributed by atoms with Gasteiger partial charge in [0.25, 0.3) is 5.56 Å². The van der Waals surface area contributed by atoms with Crippen LogP contribution in [-0.4, -0.2) is 55.7 Å². The van der Waals surface area contributed by atoms with Gasteiger partial charge in [0.15, 0.2) is 11.2 Å². The van der Waals surface area contributed by atoms with E-state index >= 15 is 0 Å². The molecular formula is C17H27ClN6O3. The van der Waals surface area contributed by atoms with Gasteiger partial charge < -0.3 is 14.8 Å². The summed E-state index contributed by atoms with van der Waals surface area (Å²) in [4.78, 5) is 43.1. The number of aryl methyl sites for hydroxylation is 1. The van der Waals surface area contributed by atoms with E-state index in [1.54, 1.807) is 11.6 Å². The number of rotatable bonds is 5. The summed E-state index contributed by atoms with van der Waals surface area (Å²) in [6.07, 6.45) is 3.43. The fourth-order valence-electron chi connectivity index (χ4n) is 3.50. The minimum absolute atomic E-state index is 0. The molecule has 2 aromatic heterocycles. The minimum Gasteiger partial charge on any atom is -0.341 e. The highest BCUT2D eigenvalue weighted by Crippen LogP contribution is 2.17. The van der Waals surface area contributed by atoms with E-state index in [4.69, 9.17) is 0 Å². The number of hydrogen-bond donors (Lipinski definition) is 1. The number of carbonyl (C=O) groups is 1. The van der Waals surface area contributed by atoms with E-state index in [-0.39, 0.29) is 30.4 Å². The fourth-order valence-corrected chi connectivity index (χ4v) is 3.50. The van der Waals surface area contributed by atoms with Crippen LogP contribution in [0, 0.1) is 5.92 Å². The Hall–Kier alpha value is -2.13. The normalized spacial score (nSPS) is 15.1. The molecule has 1 saturated heterocycles. The Morgan fingerprint density at radius 2 is 1.89 bits per heavy atom. The monoisotopic (exact) mass is 398 g/mol. The maximum Gasteiger partial charge on any atom is 0.332 e. The van der Waals surface area contributed by atoms with Gasteiger partial charge >= 0.3 is 5.69 Å². The molecule has 0 unspecified atom stereocenters. The largest absolute Gasteiger partial charge is 0.341 e. The number of nitrogens with one attached hydrogen (secondary N) is 1. The lowest BCUT2D eigenvalue weighted by atomic mass is 9.97. The number of nitrogens with zero attached hydrogens (tertiary/aromatic N) is 5. The molecule has 27 heavy (non-hydrogen) atoms.